The summed E-state index contributed by atoms with van der Waals surface area (Å²) >= 11 is 0. The molecule has 0 saturated heterocycles. The van der Waals surface area contributed by atoms with Gasteiger partial charge in [0.2, 0.25) is 6.08 Å². The van der Waals surface area contributed by atoms with Crippen molar-refractivity contribution in [1.29, 1.82) is 0 Å². The Kier molecular flexibility index (Phi) is 33.7. The Morgan fingerprint density at radius 3 is 0.722 bits per heavy atom. The normalized spacial score (nSPS) is 11.1. The molecule has 1 N–H and O–H groups in total. The van der Waals surface area contributed by atoms with Crippen molar-refractivity contribution in [2.45, 2.75) is 193 Å². The van der Waals surface area contributed by atoms with Gasteiger partial charge in [-0.15, -0.1) is 0 Å². The van der Waals surface area contributed by atoms with E-state index in [1.807, 2.05) is 0 Å². The quantitative estimate of drug-likeness (QED) is 0.0559. The summed E-state index contributed by atoms with van der Waals surface area (Å²) in [4.78, 5) is 13.6. The van der Waals surface area contributed by atoms with Gasteiger partial charge < -0.3 is 5.11 Å². The third-order valence-electron chi connectivity index (χ3n) is 7.74. The van der Waals surface area contributed by atoms with Gasteiger partial charge in [-0.25, -0.2) is 9.79 Å². The molecule has 214 valence electrons. The first kappa shape index (κ1) is 35.3. The molecule has 0 spiro atoms. The van der Waals surface area contributed by atoms with E-state index in [1.54, 1.807) is 6.08 Å². The summed E-state index contributed by atoms with van der Waals surface area (Å²) in [5.41, 5.74) is 0. The Labute approximate surface area is 226 Å². The molecule has 36 heavy (non-hydrogen) atoms. The Bertz CT molecular complexity index is 433. The van der Waals surface area contributed by atoms with E-state index in [-0.39, 0.29) is 0 Å². The molecule has 0 rings (SSSR count). The molecule has 0 heterocycles. The number of hydrogen-bond acceptors (Lipinski definition) is 3. The van der Waals surface area contributed by atoms with E-state index in [4.69, 9.17) is 5.11 Å². The molecule has 0 unspecified atom stereocenters. The van der Waals surface area contributed by atoms with Crippen molar-refractivity contribution >= 4 is 6.08 Å². The minimum atomic E-state index is 0.368. The van der Waals surface area contributed by atoms with Crippen LogP contribution < -0.4 is 0 Å². The van der Waals surface area contributed by atoms with Crippen molar-refractivity contribution in [2.24, 2.45) is 4.99 Å². The van der Waals surface area contributed by atoms with Gasteiger partial charge >= 0.3 is 0 Å². The SMILES string of the molecule is O=C=NCCCCCCCCCCCCCCCCCCCCCCCCCCCCCCCCO. The van der Waals surface area contributed by atoms with Crippen LogP contribution in [0.25, 0.3) is 0 Å². The standard InChI is InChI=1S/C33H65NO2/c35-32-30-28-26-24-22-20-18-16-14-12-10-8-6-4-2-1-3-5-7-9-11-13-15-17-19-21-23-25-27-29-31-34-33-36/h35H,1-32H2. The molecular weight excluding hydrogens is 442 g/mol. The maximum atomic E-state index is 9.98. The summed E-state index contributed by atoms with van der Waals surface area (Å²) in [6, 6.07) is 0. The van der Waals surface area contributed by atoms with Gasteiger partial charge in [0, 0.05) is 6.61 Å². The summed E-state index contributed by atoms with van der Waals surface area (Å²) in [6.45, 7) is 1.03. The van der Waals surface area contributed by atoms with E-state index < -0.39 is 0 Å². The van der Waals surface area contributed by atoms with Gasteiger partial charge in [0.05, 0.1) is 6.54 Å². The van der Waals surface area contributed by atoms with Crippen LogP contribution in [0, 0.1) is 0 Å². The fourth-order valence-corrected chi connectivity index (χ4v) is 5.30. The molecule has 0 aromatic heterocycles. The molecule has 3 heteroatoms. The molecule has 0 aliphatic heterocycles. The van der Waals surface area contributed by atoms with E-state index in [9.17, 15) is 4.79 Å². The number of aliphatic hydroxyl groups is 1. The van der Waals surface area contributed by atoms with Gasteiger partial charge in [0.1, 0.15) is 0 Å². The zero-order valence-electron chi connectivity index (χ0n) is 24.4. The fourth-order valence-electron chi connectivity index (χ4n) is 5.30. The third kappa shape index (κ3) is 33.3. The Balaban J connectivity index is 3.02. The molecule has 0 aromatic carbocycles. The molecule has 0 aliphatic carbocycles. The number of rotatable bonds is 32. The van der Waals surface area contributed by atoms with Crippen LogP contribution in [0.5, 0.6) is 0 Å². The monoisotopic (exact) mass is 508 g/mol. The molecule has 0 fully saturated rings. The third-order valence-corrected chi connectivity index (χ3v) is 7.74. The predicted octanol–water partition coefficient (Wildman–Crippen LogP) is 11.0. The van der Waals surface area contributed by atoms with E-state index in [0.717, 1.165) is 12.8 Å². The molecule has 3 nitrogen and oxygen atoms in total. The number of nitrogens with zero attached hydrogens (tertiary/aromatic N) is 1. The Morgan fingerprint density at radius 1 is 0.333 bits per heavy atom. The zero-order chi connectivity index (χ0) is 26.0. The van der Waals surface area contributed by atoms with Crippen LogP contribution in [0.4, 0.5) is 0 Å². The molecular formula is C33H65NO2. The zero-order valence-corrected chi connectivity index (χ0v) is 24.4. The molecule has 0 aliphatic rings. The van der Waals surface area contributed by atoms with Crippen molar-refractivity contribution in [3.05, 3.63) is 0 Å². The van der Waals surface area contributed by atoms with Crippen molar-refractivity contribution < 1.29 is 9.90 Å². The van der Waals surface area contributed by atoms with Crippen LogP contribution in [0.3, 0.4) is 0 Å². The molecule has 0 bridgehead atoms. The highest BCUT2D eigenvalue weighted by Gasteiger charge is 1.97. The number of unbranched alkanes of at least 4 members (excludes halogenated alkanes) is 29. The second-order valence-electron chi connectivity index (χ2n) is 11.3. The number of aliphatic imine (C=N–C) groups is 1. The topological polar surface area (TPSA) is 49.7 Å². The maximum absolute atomic E-state index is 9.98. The second kappa shape index (κ2) is 34.3. The molecule has 0 aromatic rings. The van der Waals surface area contributed by atoms with Crippen LogP contribution in [0.1, 0.15) is 193 Å². The minimum absolute atomic E-state index is 0.368. The first-order chi connectivity index (χ1) is 17.9. The maximum Gasteiger partial charge on any atom is 0.234 e. The predicted molar refractivity (Wildman–Crippen MR) is 159 cm³/mol. The average Bonchev–Trinajstić information content (AvgIpc) is 2.89. The van der Waals surface area contributed by atoms with Crippen LogP contribution in [-0.4, -0.2) is 24.3 Å². The smallest absolute Gasteiger partial charge is 0.234 e. The fraction of sp³-hybridized carbons (Fsp3) is 0.970. The summed E-state index contributed by atoms with van der Waals surface area (Å²) in [5.74, 6) is 0. The first-order valence-corrected chi connectivity index (χ1v) is 16.6. The van der Waals surface area contributed by atoms with Gasteiger partial charge in [-0.1, -0.05) is 180 Å². The molecule has 0 amide bonds. The minimum Gasteiger partial charge on any atom is -0.396 e. The van der Waals surface area contributed by atoms with Crippen LogP contribution in [-0.2, 0) is 4.79 Å². The van der Waals surface area contributed by atoms with E-state index in [0.29, 0.717) is 13.2 Å². The lowest BCUT2D eigenvalue weighted by molar-refractivity contribution is 0.282. The number of aliphatic hydroxyl groups excluding tert-OH is 1. The van der Waals surface area contributed by atoms with E-state index in [2.05, 4.69) is 4.99 Å². The largest absolute Gasteiger partial charge is 0.396 e. The lowest BCUT2D eigenvalue weighted by Crippen LogP contribution is -1.85. The van der Waals surface area contributed by atoms with Gasteiger partial charge in [-0.05, 0) is 12.8 Å². The van der Waals surface area contributed by atoms with Crippen molar-refractivity contribution in [1.82, 2.24) is 0 Å². The average molecular weight is 508 g/mol. The van der Waals surface area contributed by atoms with Gasteiger partial charge in [-0.2, -0.15) is 0 Å². The van der Waals surface area contributed by atoms with Crippen molar-refractivity contribution in [2.75, 3.05) is 13.2 Å². The lowest BCUT2D eigenvalue weighted by Gasteiger charge is -2.04. The van der Waals surface area contributed by atoms with Gasteiger partial charge in [0.15, 0.2) is 0 Å². The van der Waals surface area contributed by atoms with E-state index >= 15 is 0 Å². The number of carbonyl (C=O) groups excluding carboxylic acids is 1. The Hall–Kier alpha value is -0.660. The lowest BCUT2D eigenvalue weighted by atomic mass is 10.0. The summed E-state index contributed by atoms with van der Waals surface area (Å²) in [6.07, 6.45) is 43.1. The summed E-state index contributed by atoms with van der Waals surface area (Å²) in [7, 11) is 0. The van der Waals surface area contributed by atoms with Crippen molar-refractivity contribution in [3.63, 3.8) is 0 Å². The van der Waals surface area contributed by atoms with Crippen LogP contribution >= 0.6 is 0 Å². The second-order valence-corrected chi connectivity index (χ2v) is 11.3. The summed E-state index contributed by atoms with van der Waals surface area (Å²) in [5, 5.41) is 8.77. The molecule has 0 radical (unpaired) electrons. The first-order valence-electron chi connectivity index (χ1n) is 16.6. The van der Waals surface area contributed by atoms with Crippen LogP contribution in [0.2, 0.25) is 0 Å². The van der Waals surface area contributed by atoms with Gasteiger partial charge in [-0.3, -0.25) is 0 Å². The highest BCUT2D eigenvalue weighted by molar-refractivity contribution is 5.32. The molecule has 0 atom stereocenters. The number of hydrogen-bond donors (Lipinski definition) is 1. The van der Waals surface area contributed by atoms with Crippen molar-refractivity contribution in [3.8, 4) is 0 Å². The van der Waals surface area contributed by atoms with Crippen LogP contribution in [0.15, 0.2) is 4.99 Å². The highest BCUT2D eigenvalue weighted by Crippen LogP contribution is 2.16. The summed E-state index contributed by atoms with van der Waals surface area (Å²) < 4.78 is 0. The van der Waals surface area contributed by atoms with Gasteiger partial charge in [0.25, 0.3) is 0 Å². The highest BCUT2D eigenvalue weighted by atomic mass is 16.2. The molecule has 0 saturated carbocycles. The van der Waals surface area contributed by atoms with E-state index in [1.165, 1.54) is 180 Å². The number of isocyanates is 1. The Morgan fingerprint density at radius 2 is 0.528 bits per heavy atom.